The SMILES string of the molecule is COc1ccccc1NC(=O)C1(C)CCNCC1.Cl. The summed E-state index contributed by atoms with van der Waals surface area (Å²) in [7, 11) is 1.61. The third-order valence-corrected chi connectivity index (χ3v) is 3.61. The maximum absolute atomic E-state index is 12.4. The highest BCUT2D eigenvalue weighted by atomic mass is 35.5. The second-order valence-corrected chi connectivity index (χ2v) is 4.97. The molecule has 19 heavy (non-hydrogen) atoms. The molecule has 4 nitrogen and oxygen atoms in total. The number of para-hydroxylation sites is 2. The fourth-order valence-electron chi connectivity index (χ4n) is 2.23. The lowest BCUT2D eigenvalue weighted by Gasteiger charge is -2.32. The Morgan fingerprint density at radius 2 is 1.95 bits per heavy atom. The summed E-state index contributed by atoms with van der Waals surface area (Å²) in [4.78, 5) is 12.4. The van der Waals surface area contributed by atoms with Crippen LogP contribution in [-0.2, 0) is 4.79 Å². The number of hydrogen-bond acceptors (Lipinski definition) is 3. The summed E-state index contributed by atoms with van der Waals surface area (Å²) in [6, 6.07) is 7.49. The van der Waals surface area contributed by atoms with E-state index in [1.54, 1.807) is 7.11 Å². The van der Waals surface area contributed by atoms with Gasteiger partial charge in [-0.15, -0.1) is 12.4 Å². The number of amides is 1. The number of benzene rings is 1. The maximum Gasteiger partial charge on any atom is 0.230 e. The standard InChI is InChI=1S/C14H20N2O2.ClH/c1-14(7-9-15-10-8-14)13(17)16-11-5-3-4-6-12(11)18-2;/h3-6,15H,7-10H2,1-2H3,(H,16,17);1H. The van der Waals surface area contributed by atoms with E-state index in [1.165, 1.54) is 0 Å². The van der Waals surface area contributed by atoms with E-state index in [4.69, 9.17) is 4.74 Å². The molecule has 106 valence electrons. The Bertz CT molecular complexity index is 431. The molecule has 5 heteroatoms. The van der Waals surface area contributed by atoms with Crippen LogP contribution in [0.5, 0.6) is 5.75 Å². The van der Waals surface area contributed by atoms with E-state index in [-0.39, 0.29) is 23.7 Å². The number of anilines is 1. The molecule has 2 rings (SSSR count). The van der Waals surface area contributed by atoms with Crippen LogP contribution in [-0.4, -0.2) is 26.1 Å². The summed E-state index contributed by atoms with van der Waals surface area (Å²) in [5.74, 6) is 0.775. The molecule has 0 aromatic heterocycles. The van der Waals surface area contributed by atoms with Crippen LogP contribution in [0, 0.1) is 5.41 Å². The quantitative estimate of drug-likeness (QED) is 0.896. The number of ether oxygens (including phenoxy) is 1. The topological polar surface area (TPSA) is 50.4 Å². The van der Waals surface area contributed by atoms with Gasteiger partial charge in [-0.3, -0.25) is 4.79 Å². The Morgan fingerprint density at radius 1 is 1.32 bits per heavy atom. The largest absolute Gasteiger partial charge is 0.495 e. The zero-order chi connectivity index (χ0) is 13.0. The molecular formula is C14H21ClN2O2. The highest BCUT2D eigenvalue weighted by Crippen LogP contribution is 2.31. The average Bonchev–Trinajstić information content (AvgIpc) is 2.40. The number of halogens is 1. The van der Waals surface area contributed by atoms with Crippen LogP contribution >= 0.6 is 12.4 Å². The van der Waals surface area contributed by atoms with Crippen LogP contribution in [0.2, 0.25) is 0 Å². The first-order valence-electron chi connectivity index (χ1n) is 6.31. The summed E-state index contributed by atoms with van der Waals surface area (Å²) in [5.41, 5.74) is 0.455. The zero-order valence-corrected chi connectivity index (χ0v) is 12.2. The molecule has 0 saturated carbocycles. The molecule has 0 unspecified atom stereocenters. The van der Waals surface area contributed by atoms with Crippen LogP contribution in [0.3, 0.4) is 0 Å². The second-order valence-electron chi connectivity index (χ2n) is 4.97. The van der Waals surface area contributed by atoms with Crippen molar-refractivity contribution in [2.24, 2.45) is 5.41 Å². The summed E-state index contributed by atoms with van der Waals surface area (Å²) in [6.07, 6.45) is 1.74. The minimum atomic E-state index is -0.286. The number of nitrogens with one attached hydrogen (secondary N) is 2. The van der Waals surface area contributed by atoms with E-state index in [0.29, 0.717) is 5.75 Å². The molecule has 1 aliphatic heterocycles. The van der Waals surface area contributed by atoms with Gasteiger partial charge in [-0.1, -0.05) is 19.1 Å². The van der Waals surface area contributed by atoms with Crippen LogP contribution < -0.4 is 15.4 Å². The van der Waals surface area contributed by atoms with Gasteiger partial charge in [-0.05, 0) is 38.1 Å². The zero-order valence-electron chi connectivity index (χ0n) is 11.4. The molecule has 0 aliphatic carbocycles. The Balaban J connectivity index is 0.00000180. The third kappa shape index (κ3) is 3.61. The molecule has 1 saturated heterocycles. The van der Waals surface area contributed by atoms with Gasteiger partial charge in [-0.2, -0.15) is 0 Å². The van der Waals surface area contributed by atoms with E-state index >= 15 is 0 Å². The van der Waals surface area contributed by atoms with Gasteiger partial charge in [0.25, 0.3) is 0 Å². The minimum absolute atomic E-state index is 0. The fraction of sp³-hybridized carbons (Fsp3) is 0.500. The van der Waals surface area contributed by atoms with Gasteiger partial charge in [0.15, 0.2) is 0 Å². The van der Waals surface area contributed by atoms with Crippen molar-refractivity contribution in [2.45, 2.75) is 19.8 Å². The van der Waals surface area contributed by atoms with Gasteiger partial charge < -0.3 is 15.4 Å². The number of carbonyl (C=O) groups excluding carboxylic acids is 1. The van der Waals surface area contributed by atoms with Crippen LogP contribution in [0.4, 0.5) is 5.69 Å². The van der Waals surface area contributed by atoms with E-state index in [0.717, 1.165) is 31.6 Å². The number of carbonyl (C=O) groups is 1. The van der Waals surface area contributed by atoms with Gasteiger partial charge >= 0.3 is 0 Å². The first kappa shape index (κ1) is 15.8. The van der Waals surface area contributed by atoms with E-state index in [9.17, 15) is 4.79 Å². The molecule has 0 bridgehead atoms. The molecule has 1 fully saturated rings. The second kappa shape index (κ2) is 6.78. The molecule has 1 heterocycles. The lowest BCUT2D eigenvalue weighted by Crippen LogP contribution is -2.42. The van der Waals surface area contributed by atoms with Gasteiger partial charge in [0, 0.05) is 5.41 Å². The van der Waals surface area contributed by atoms with Crippen molar-refractivity contribution in [3.63, 3.8) is 0 Å². The molecule has 0 atom stereocenters. The summed E-state index contributed by atoms with van der Waals surface area (Å²) in [5, 5.41) is 6.26. The van der Waals surface area contributed by atoms with Gasteiger partial charge in [0.05, 0.1) is 12.8 Å². The average molecular weight is 285 g/mol. The van der Waals surface area contributed by atoms with Crippen LogP contribution in [0.15, 0.2) is 24.3 Å². The predicted octanol–water partition coefficient (Wildman–Crippen LogP) is 2.45. The van der Waals surface area contributed by atoms with Crippen molar-refractivity contribution in [1.29, 1.82) is 0 Å². The molecule has 0 radical (unpaired) electrons. The first-order chi connectivity index (χ1) is 8.65. The van der Waals surface area contributed by atoms with Crippen LogP contribution in [0.25, 0.3) is 0 Å². The first-order valence-corrected chi connectivity index (χ1v) is 6.31. The van der Waals surface area contributed by atoms with Crippen molar-refractivity contribution in [3.8, 4) is 5.75 Å². The van der Waals surface area contributed by atoms with Crippen molar-refractivity contribution in [1.82, 2.24) is 5.32 Å². The summed E-state index contributed by atoms with van der Waals surface area (Å²) in [6.45, 7) is 3.82. The Hall–Kier alpha value is -1.26. The van der Waals surface area contributed by atoms with Gasteiger partial charge in [0.2, 0.25) is 5.91 Å². The molecule has 1 aromatic rings. The number of hydrogen-bond donors (Lipinski definition) is 2. The highest BCUT2D eigenvalue weighted by Gasteiger charge is 2.34. The number of methoxy groups -OCH3 is 1. The van der Waals surface area contributed by atoms with Crippen molar-refractivity contribution in [3.05, 3.63) is 24.3 Å². The highest BCUT2D eigenvalue weighted by molar-refractivity contribution is 5.96. The van der Waals surface area contributed by atoms with Crippen molar-refractivity contribution >= 4 is 24.0 Å². The molecule has 1 aromatic carbocycles. The monoisotopic (exact) mass is 284 g/mol. The summed E-state index contributed by atoms with van der Waals surface area (Å²) < 4.78 is 5.24. The van der Waals surface area contributed by atoms with E-state index in [1.807, 2.05) is 31.2 Å². The van der Waals surface area contributed by atoms with Crippen molar-refractivity contribution < 1.29 is 9.53 Å². The minimum Gasteiger partial charge on any atom is -0.495 e. The van der Waals surface area contributed by atoms with E-state index < -0.39 is 0 Å². The smallest absolute Gasteiger partial charge is 0.230 e. The Morgan fingerprint density at radius 3 is 2.58 bits per heavy atom. The normalized spacial score (nSPS) is 17.2. The fourth-order valence-corrected chi connectivity index (χ4v) is 2.23. The molecule has 0 spiro atoms. The number of piperidine rings is 1. The molecule has 1 amide bonds. The molecular weight excluding hydrogens is 264 g/mol. The van der Waals surface area contributed by atoms with Gasteiger partial charge in [-0.25, -0.2) is 0 Å². The predicted molar refractivity (Wildman–Crippen MR) is 79.1 cm³/mol. The van der Waals surface area contributed by atoms with Gasteiger partial charge in [0.1, 0.15) is 5.75 Å². The van der Waals surface area contributed by atoms with Crippen molar-refractivity contribution in [2.75, 3.05) is 25.5 Å². The Kier molecular flexibility index (Phi) is 5.63. The molecule has 1 aliphatic rings. The summed E-state index contributed by atoms with van der Waals surface area (Å²) >= 11 is 0. The Labute approximate surface area is 120 Å². The van der Waals surface area contributed by atoms with Crippen LogP contribution in [0.1, 0.15) is 19.8 Å². The maximum atomic E-state index is 12.4. The lowest BCUT2D eigenvalue weighted by molar-refractivity contribution is -0.126. The molecule has 2 N–H and O–H groups in total. The van der Waals surface area contributed by atoms with E-state index in [2.05, 4.69) is 10.6 Å². The third-order valence-electron chi connectivity index (χ3n) is 3.61. The lowest BCUT2D eigenvalue weighted by atomic mass is 9.80. The number of rotatable bonds is 3.